The summed E-state index contributed by atoms with van der Waals surface area (Å²) in [6.45, 7) is 2.84. The van der Waals surface area contributed by atoms with Crippen molar-refractivity contribution in [3.63, 3.8) is 0 Å². The van der Waals surface area contributed by atoms with E-state index in [9.17, 15) is 4.79 Å². The van der Waals surface area contributed by atoms with Gasteiger partial charge in [-0.15, -0.1) is 0 Å². The van der Waals surface area contributed by atoms with Gasteiger partial charge >= 0.3 is 5.97 Å². The minimum absolute atomic E-state index is 0.183. The Kier molecular flexibility index (Phi) is 4.14. The zero-order valence-electron chi connectivity index (χ0n) is 10.8. The summed E-state index contributed by atoms with van der Waals surface area (Å²) in [5.41, 5.74) is 1.42. The van der Waals surface area contributed by atoms with Gasteiger partial charge in [-0.25, -0.2) is 0 Å². The van der Waals surface area contributed by atoms with E-state index in [1.54, 1.807) is 17.7 Å². The third kappa shape index (κ3) is 3.10. The van der Waals surface area contributed by atoms with Crippen LogP contribution in [0.15, 0.2) is 24.4 Å². The molecule has 0 unspecified atom stereocenters. The second-order valence-corrected chi connectivity index (χ2v) is 4.15. The molecule has 0 saturated carbocycles. The van der Waals surface area contributed by atoms with E-state index in [4.69, 9.17) is 10.00 Å². The zero-order valence-corrected chi connectivity index (χ0v) is 10.8. The second-order valence-electron chi connectivity index (χ2n) is 4.15. The van der Waals surface area contributed by atoms with Crippen LogP contribution in [0, 0.1) is 11.3 Å². The molecule has 1 aromatic heterocycles. The highest BCUT2D eigenvalue weighted by molar-refractivity contribution is 5.84. The molecule has 0 radical (unpaired) electrons. The fourth-order valence-electron chi connectivity index (χ4n) is 1.92. The highest BCUT2D eigenvalue weighted by atomic mass is 16.5. The third-order valence-electron chi connectivity index (χ3n) is 2.79. The SMILES string of the molecule is CCOC(=O)CCCn1cc2c(C#N)cccc2n1. The number of rotatable bonds is 5. The summed E-state index contributed by atoms with van der Waals surface area (Å²) in [5.74, 6) is -0.183. The molecule has 1 aromatic carbocycles. The lowest BCUT2D eigenvalue weighted by molar-refractivity contribution is -0.143. The number of aryl methyl sites for hydroxylation is 1. The lowest BCUT2D eigenvalue weighted by atomic mass is 10.1. The van der Waals surface area contributed by atoms with Crippen LogP contribution in [0.4, 0.5) is 0 Å². The smallest absolute Gasteiger partial charge is 0.305 e. The molecule has 98 valence electrons. The zero-order chi connectivity index (χ0) is 13.7. The van der Waals surface area contributed by atoms with Gasteiger partial charge in [-0.2, -0.15) is 10.4 Å². The Morgan fingerprint density at radius 3 is 3.11 bits per heavy atom. The average molecular weight is 257 g/mol. The van der Waals surface area contributed by atoms with Gasteiger partial charge in [0.05, 0.1) is 23.8 Å². The van der Waals surface area contributed by atoms with Crippen molar-refractivity contribution < 1.29 is 9.53 Å². The van der Waals surface area contributed by atoms with Gasteiger partial charge in [0.15, 0.2) is 0 Å². The number of nitriles is 1. The summed E-state index contributed by atoms with van der Waals surface area (Å²) in [5, 5.41) is 14.2. The van der Waals surface area contributed by atoms with Crippen LogP contribution in [0.5, 0.6) is 0 Å². The molecule has 0 fully saturated rings. The number of esters is 1. The van der Waals surface area contributed by atoms with Gasteiger partial charge < -0.3 is 4.74 Å². The van der Waals surface area contributed by atoms with Crippen molar-refractivity contribution in [2.24, 2.45) is 0 Å². The van der Waals surface area contributed by atoms with E-state index in [1.807, 2.05) is 18.3 Å². The van der Waals surface area contributed by atoms with Crippen molar-refractivity contribution in [2.75, 3.05) is 6.61 Å². The maximum atomic E-state index is 11.2. The number of nitrogens with zero attached hydrogens (tertiary/aromatic N) is 3. The van der Waals surface area contributed by atoms with Crippen molar-refractivity contribution in [3.8, 4) is 6.07 Å². The van der Waals surface area contributed by atoms with Crippen molar-refractivity contribution in [1.82, 2.24) is 9.78 Å². The summed E-state index contributed by atoms with van der Waals surface area (Å²) in [6.07, 6.45) is 2.91. The molecule has 5 nitrogen and oxygen atoms in total. The topological polar surface area (TPSA) is 67.9 Å². The van der Waals surface area contributed by atoms with E-state index in [2.05, 4.69) is 11.2 Å². The largest absolute Gasteiger partial charge is 0.466 e. The fraction of sp³-hybridized carbons (Fsp3) is 0.357. The van der Waals surface area contributed by atoms with Crippen LogP contribution in [0.25, 0.3) is 10.9 Å². The monoisotopic (exact) mass is 257 g/mol. The number of fused-ring (bicyclic) bond motifs is 1. The van der Waals surface area contributed by atoms with Crippen molar-refractivity contribution >= 4 is 16.9 Å². The Hall–Kier alpha value is -2.35. The van der Waals surface area contributed by atoms with E-state index in [1.165, 1.54) is 0 Å². The van der Waals surface area contributed by atoms with Crippen molar-refractivity contribution in [3.05, 3.63) is 30.0 Å². The molecule has 0 aliphatic rings. The highest BCUT2D eigenvalue weighted by Crippen LogP contribution is 2.16. The van der Waals surface area contributed by atoms with Gasteiger partial charge in [0.1, 0.15) is 0 Å². The number of ether oxygens (including phenoxy) is 1. The number of hydrogen-bond acceptors (Lipinski definition) is 4. The molecule has 0 amide bonds. The molecular formula is C14H15N3O2. The Morgan fingerprint density at radius 1 is 1.53 bits per heavy atom. The molecule has 0 aliphatic carbocycles. The Balaban J connectivity index is 2.02. The van der Waals surface area contributed by atoms with Crippen molar-refractivity contribution in [2.45, 2.75) is 26.3 Å². The summed E-state index contributed by atoms with van der Waals surface area (Å²) in [6, 6.07) is 7.61. The summed E-state index contributed by atoms with van der Waals surface area (Å²) < 4.78 is 6.63. The Bertz CT molecular complexity index is 625. The third-order valence-corrected chi connectivity index (χ3v) is 2.79. The van der Waals surface area contributed by atoms with Crippen LogP contribution in [-0.2, 0) is 16.1 Å². The Labute approximate surface area is 111 Å². The standard InChI is InChI=1S/C14H15N3O2/c1-2-19-14(18)7-4-8-17-10-12-11(9-15)5-3-6-13(12)16-17/h3,5-6,10H,2,4,7-8H2,1H3. The molecule has 2 rings (SSSR count). The molecular weight excluding hydrogens is 242 g/mol. The van der Waals surface area contributed by atoms with Crippen molar-refractivity contribution in [1.29, 1.82) is 5.26 Å². The van der Waals surface area contributed by atoms with E-state index < -0.39 is 0 Å². The predicted molar refractivity (Wildman–Crippen MR) is 70.3 cm³/mol. The van der Waals surface area contributed by atoms with E-state index >= 15 is 0 Å². The van der Waals surface area contributed by atoms with E-state index in [-0.39, 0.29) is 5.97 Å². The van der Waals surface area contributed by atoms with Gasteiger partial charge in [-0.3, -0.25) is 9.48 Å². The van der Waals surface area contributed by atoms with Gasteiger partial charge in [-0.1, -0.05) is 6.07 Å². The van der Waals surface area contributed by atoms with E-state index in [0.717, 1.165) is 10.9 Å². The molecule has 2 aromatic rings. The molecule has 0 aliphatic heterocycles. The van der Waals surface area contributed by atoms with Gasteiger partial charge in [-0.05, 0) is 25.5 Å². The van der Waals surface area contributed by atoms with Gasteiger partial charge in [0.2, 0.25) is 0 Å². The summed E-state index contributed by atoms with van der Waals surface area (Å²) in [4.78, 5) is 11.2. The fourth-order valence-corrected chi connectivity index (χ4v) is 1.92. The van der Waals surface area contributed by atoms with Crippen LogP contribution < -0.4 is 0 Å². The lowest BCUT2D eigenvalue weighted by Gasteiger charge is -2.01. The van der Waals surface area contributed by atoms with Gasteiger partial charge in [0, 0.05) is 24.5 Å². The maximum Gasteiger partial charge on any atom is 0.305 e. The van der Waals surface area contributed by atoms with Crippen LogP contribution in [-0.4, -0.2) is 22.4 Å². The maximum absolute atomic E-state index is 11.2. The first-order valence-electron chi connectivity index (χ1n) is 6.26. The number of benzene rings is 1. The van der Waals surface area contributed by atoms with Crippen LogP contribution in [0.3, 0.4) is 0 Å². The molecule has 5 heteroatoms. The molecule has 0 atom stereocenters. The van der Waals surface area contributed by atoms with Crippen LogP contribution >= 0.6 is 0 Å². The number of carbonyl (C=O) groups excluding carboxylic acids is 1. The summed E-state index contributed by atoms with van der Waals surface area (Å²) >= 11 is 0. The van der Waals surface area contributed by atoms with Crippen LogP contribution in [0.2, 0.25) is 0 Å². The minimum atomic E-state index is -0.183. The molecule has 1 heterocycles. The quantitative estimate of drug-likeness (QED) is 0.770. The first-order valence-corrected chi connectivity index (χ1v) is 6.26. The number of aromatic nitrogens is 2. The first-order chi connectivity index (χ1) is 9.24. The number of carbonyl (C=O) groups is 1. The molecule has 0 spiro atoms. The van der Waals surface area contributed by atoms with Crippen LogP contribution in [0.1, 0.15) is 25.3 Å². The summed E-state index contributed by atoms with van der Waals surface area (Å²) in [7, 11) is 0. The molecule has 0 bridgehead atoms. The Morgan fingerprint density at radius 2 is 2.37 bits per heavy atom. The molecule has 0 N–H and O–H groups in total. The highest BCUT2D eigenvalue weighted by Gasteiger charge is 2.06. The average Bonchev–Trinajstić information content (AvgIpc) is 2.81. The number of hydrogen-bond donors (Lipinski definition) is 0. The minimum Gasteiger partial charge on any atom is -0.466 e. The van der Waals surface area contributed by atoms with Gasteiger partial charge in [0.25, 0.3) is 0 Å². The lowest BCUT2D eigenvalue weighted by Crippen LogP contribution is -2.06. The predicted octanol–water partition coefficient (Wildman–Crippen LogP) is 2.25. The first kappa shape index (κ1) is 13.1. The second kappa shape index (κ2) is 6.01. The van der Waals surface area contributed by atoms with E-state index in [0.29, 0.717) is 31.6 Å². The molecule has 0 saturated heterocycles. The molecule has 19 heavy (non-hydrogen) atoms. The normalized spacial score (nSPS) is 10.3.